The van der Waals surface area contributed by atoms with Gasteiger partial charge in [-0.3, -0.25) is 14.8 Å². The van der Waals surface area contributed by atoms with Crippen LogP contribution in [-0.2, 0) is 11.2 Å². The number of piperidine rings is 1. The molecule has 0 spiro atoms. The third-order valence-corrected chi connectivity index (χ3v) is 5.76. The van der Waals surface area contributed by atoms with Gasteiger partial charge >= 0.3 is 0 Å². The zero-order chi connectivity index (χ0) is 18.5. The number of carbonyl (C=O) groups excluding carboxylic acids is 1. The number of hydrogen-bond donors (Lipinski definition) is 1. The van der Waals surface area contributed by atoms with Gasteiger partial charge < -0.3 is 0 Å². The Morgan fingerprint density at radius 3 is 2.89 bits per heavy atom. The topological polar surface area (TPSA) is 87.7 Å². The predicted molar refractivity (Wildman–Crippen MR) is 100 cm³/mol. The average molecular weight is 381 g/mol. The predicted octanol–water partition coefficient (Wildman–Crippen LogP) is 2.82. The summed E-state index contributed by atoms with van der Waals surface area (Å²) in [5.41, 5.74) is 3.67. The molecule has 0 bridgehead atoms. The molecular formula is C19H17ClN6O. The number of rotatable bonds is 4. The van der Waals surface area contributed by atoms with Crippen LogP contribution in [0.15, 0.2) is 36.8 Å². The molecule has 27 heavy (non-hydrogen) atoms. The second-order valence-corrected chi connectivity index (χ2v) is 7.54. The number of amides is 1. The molecule has 1 aliphatic heterocycles. The van der Waals surface area contributed by atoms with E-state index in [9.17, 15) is 4.79 Å². The van der Waals surface area contributed by atoms with E-state index in [1.165, 1.54) is 0 Å². The van der Waals surface area contributed by atoms with E-state index in [-0.39, 0.29) is 17.9 Å². The Labute approximate surface area is 160 Å². The number of halogens is 1. The summed E-state index contributed by atoms with van der Waals surface area (Å²) in [5.74, 6) is 1.31. The molecule has 136 valence electrons. The number of aromatic nitrogens is 5. The van der Waals surface area contributed by atoms with E-state index in [4.69, 9.17) is 11.6 Å². The van der Waals surface area contributed by atoms with Crippen LogP contribution in [0.3, 0.4) is 0 Å². The third-order valence-electron chi connectivity index (χ3n) is 5.53. The fourth-order valence-electron chi connectivity index (χ4n) is 4.09. The molecule has 8 heteroatoms. The molecule has 3 aromatic rings. The van der Waals surface area contributed by atoms with Crippen LogP contribution in [0.1, 0.15) is 17.5 Å². The fraction of sp³-hybridized carbons (Fsp3) is 0.316. The molecule has 1 N–H and O–H groups in total. The Kier molecular flexibility index (Phi) is 3.72. The van der Waals surface area contributed by atoms with Gasteiger partial charge in [0.1, 0.15) is 11.0 Å². The number of H-pyrrole nitrogens is 1. The number of carbonyl (C=O) groups is 1. The maximum absolute atomic E-state index is 13.1. The maximum Gasteiger partial charge on any atom is 0.232 e. The smallest absolute Gasteiger partial charge is 0.232 e. The highest BCUT2D eigenvalue weighted by atomic mass is 35.5. The summed E-state index contributed by atoms with van der Waals surface area (Å²) in [6, 6.07) is 5.83. The van der Waals surface area contributed by atoms with E-state index in [1.807, 2.05) is 24.0 Å². The Bertz CT molecular complexity index is 1000. The lowest BCUT2D eigenvalue weighted by Crippen LogP contribution is -2.33. The number of nitrogens with zero attached hydrogens (tertiary/aromatic N) is 5. The third kappa shape index (κ3) is 2.70. The first kappa shape index (κ1) is 16.4. The van der Waals surface area contributed by atoms with Crippen molar-refractivity contribution < 1.29 is 4.79 Å². The van der Waals surface area contributed by atoms with Crippen LogP contribution < -0.4 is 4.90 Å². The van der Waals surface area contributed by atoms with Crippen molar-refractivity contribution in [3.8, 4) is 11.3 Å². The van der Waals surface area contributed by atoms with Gasteiger partial charge in [-0.05, 0) is 43.4 Å². The van der Waals surface area contributed by atoms with Gasteiger partial charge in [-0.15, -0.1) is 0 Å². The summed E-state index contributed by atoms with van der Waals surface area (Å²) >= 11 is 5.86. The van der Waals surface area contributed by atoms with E-state index in [1.54, 1.807) is 24.7 Å². The van der Waals surface area contributed by atoms with Crippen molar-refractivity contribution in [3.63, 3.8) is 0 Å². The van der Waals surface area contributed by atoms with E-state index in [0.29, 0.717) is 17.5 Å². The lowest BCUT2D eigenvalue weighted by Gasteiger charge is -2.20. The number of nitrogens with one attached hydrogen (secondary N) is 1. The highest BCUT2D eigenvalue weighted by molar-refractivity contribution is 6.29. The van der Waals surface area contributed by atoms with Gasteiger partial charge in [0.2, 0.25) is 5.91 Å². The monoisotopic (exact) mass is 380 g/mol. The van der Waals surface area contributed by atoms with Crippen LogP contribution in [0.25, 0.3) is 11.3 Å². The summed E-state index contributed by atoms with van der Waals surface area (Å²) in [6.07, 6.45) is 6.79. The molecule has 0 radical (unpaired) electrons. The second-order valence-electron chi connectivity index (χ2n) is 7.15. The van der Waals surface area contributed by atoms with Crippen LogP contribution in [0, 0.1) is 18.8 Å². The van der Waals surface area contributed by atoms with Gasteiger partial charge in [0, 0.05) is 29.3 Å². The van der Waals surface area contributed by atoms with Crippen LogP contribution in [0.2, 0.25) is 5.15 Å². The van der Waals surface area contributed by atoms with Gasteiger partial charge in [-0.25, -0.2) is 4.98 Å². The molecule has 1 aliphatic carbocycles. The first-order valence-electron chi connectivity index (χ1n) is 8.89. The van der Waals surface area contributed by atoms with Crippen molar-refractivity contribution in [1.29, 1.82) is 0 Å². The normalized spacial score (nSPS) is 23.6. The first-order chi connectivity index (χ1) is 13.1. The Hall–Kier alpha value is -2.80. The van der Waals surface area contributed by atoms with E-state index < -0.39 is 0 Å². The summed E-state index contributed by atoms with van der Waals surface area (Å²) in [5, 5.41) is 15.7. The van der Waals surface area contributed by atoms with Crippen LogP contribution >= 0.6 is 11.6 Å². The molecule has 3 aromatic heterocycles. The Morgan fingerprint density at radius 1 is 1.26 bits per heavy atom. The minimum atomic E-state index is -0.0216. The zero-order valence-corrected chi connectivity index (χ0v) is 15.4. The van der Waals surface area contributed by atoms with Crippen LogP contribution in [0.5, 0.6) is 0 Å². The van der Waals surface area contributed by atoms with Gasteiger partial charge in [0.25, 0.3) is 0 Å². The van der Waals surface area contributed by atoms with Gasteiger partial charge in [-0.2, -0.15) is 15.3 Å². The zero-order valence-electron chi connectivity index (χ0n) is 14.6. The number of aromatic amines is 1. The number of pyridine rings is 1. The molecule has 2 fully saturated rings. The molecule has 1 saturated carbocycles. The van der Waals surface area contributed by atoms with Crippen molar-refractivity contribution in [1.82, 2.24) is 25.4 Å². The first-order valence-corrected chi connectivity index (χ1v) is 9.27. The summed E-state index contributed by atoms with van der Waals surface area (Å²) in [7, 11) is 0. The lowest BCUT2D eigenvalue weighted by molar-refractivity contribution is -0.121. The molecule has 2 aliphatic rings. The largest absolute Gasteiger partial charge is 0.293 e. The molecule has 3 atom stereocenters. The van der Waals surface area contributed by atoms with Crippen molar-refractivity contribution in [3.05, 3.63) is 53.1 Å². The molecule has 5 rings (SSSR count). The van der Waals surface area contributed by atoms with Gasteiger partial charge in [0.15, 0.2) is 0 Å². The molecular weight excluding hydrogens is 364 g/mol. The van der Waals surface area contributed by atoms with Crippen molar-refractivity contribution in [2.24, 2.45) is 11.8 Å². The maximum atomic E-state index is 13.1. The summed E-state index contributed by atoms with van der Waals surface area (Å²) in [6.45, 7) is 1.98. The summed E-state index contributed by atoms with van der Waals surface area (Å²) < 4.78 is 0. The van der Waals surface area contributed by atoms with Crippen molar-refractivity contribution >= 4 is 23.3 Å². The minimum absolute atomic E-state index is 0.0216. The minimum Gasteiger partial charge on any atom is -0.293 e. The second kappa shape index (κ2) is 6.13. The standard InChI is InChI=1S/C19H17ClN6O/c1-10-17(12-4-5-22-23-9-12)24-25-18(10)26-15-7-13(15)14(19(26)27)6-11-2-3-16(20)21-8-11/h2-5,8-9,13-15H,6-7H2,1H3,(H,24,25)/t13-,14+,15-/m0/s1. The number of hydrogen-bond acceptors (Lipinski definition) is 5. The molecule has 7 nitrogen and oxygen atoms in total. The van der Waals surface area contributed by atoms with E-state index >= 15 is 0 Å². The Morgan fingerprint density at radius 2 is 2.15 bits per heavy atom. The van der Waals surface area contributed by atoms with Crippen molar-refractivity contribution in [2.75, 3.05) is 4.90 Å². The SMILES string of the molecule is Cc1c(-c2ccnnc2)n[nH]c1N1C(=O)[C@H](Cc2ccc(Cl)nc2)[C@@H]2C[C@@H]21. The van der Waals surface area contributed by atoms with Gasteiger partial charge in [-0.1, -0.05) is 17.7 Å². The number of fused-ring (bicyclic) bond motifs is 1. The fourth-order valence-corrected chi connectivity index (χ4v) is 4.20. The molecule has 1 saturated heterocycles. The van der Waals surface area contributed by atoms with Gasteiger partial charge in [0.05, 0.1) is 18.1 Å². The highest BCUT2D eigenvalue weighted by Crippen LogP contribution is 2.52. The number of anilines is 1. The van der Waals surface area contributed by atoms with Crippen LogP contribution in [0.4, 0.5) is 5.82 Å². The molecule has 1 amide bonds. The summed E-state index contributed by atoms with van der Waals surface area (Å²) in [4.78, 5) is 19.2. The highest BCUT2D eigenvalue weighted by Gasteiger charge is 2.59. The lowest BCUT2D eigenvalue weighted by atomic mass is 9.96. The van der Waals surface area contributed by atoms with Crippen LogP contribution in [-0.4, -0.2) is 37.3 Å². The molecule has 4 heterocycles. The average Bonchev–Trinajstić information content (AvgIpc) is 3.30. The van der Waals surface area contributed by atoms with E-state index in [0.717, 1.165) is 34.6 Å². The molecule has 0 aromatic carbocycles. The quantitative estimate of drug-likeness (QED) is 0.703. The van der Waals surface area contributed by atoms with E-state index in [2.05, 4.69) is 25.4 Å². The van der Waals surface area contributed by atoms with Crippen molar-refractivity contribution in [2.45, 2.75) is 25.8 Å². The molecule has 0 unspecified atom stereocenters. The Balaban J connectivity index is 1.42.